The van der Waals surface area contributed by atoms with Crippen molar-refractivity contribution in [3.63, 3.8) is 0 Å². The third kappa shape index (κ3) is 5.22. The van der Waals surface area contributed by atoms with Gasteiger partial charge in [-0.1, -0.05) is 69.6 Å². The molecule has 4 heterocycles. The average molecular weight is 529 g/mol. The van der Waals surface area contributed by atoms with Crippen LogP contribution in [-0.2, 0) is 0 Å². The molecule has 0 saturated heterocycles. The summed E-state index contributed by atoms with van der Waals surface area (Å²) in [5.74, 6) is 0.729. The molecular weight excluding hydrogens is 492 g/mol. The largest absolute Gasteiger partial charge is 0.359 e. The monoisotopic (exact) mass is 528 g/mol. The Labute approximate surface area is 235 Å². The Hall–Kier alpha value is -4.45. The second-order valence-corrected chi connectivity index (χ2v) is 10.8. The zero-order chi connectivity index (χ0) is 27.5. The van der Waals surface area contributed by atoms with Crippen molar-refractivity contribution in [2.45, 2.75) is 51.9 Å². The van der Waals surface area contributed by atoms with E-state index >= 15 is 0 Å². The summed E-state index contributed by atoms with van der Waals surface area (Å²) < 4.78 is 0. The number of allylic oxidation sites excluding steroid dienone is 9. The van der Waals surface area contributed by atoms with Crippen LogP contribution in [0.2, 0.25) is 0 Å². The number of hydrogen-bond acceptors (Lipinski definition) is 4. The minimum absolute atomic E-state index is 0.729. The molecule has 0 unspecified atom stereocenters. The molecule has 0 aromatic carbocycles. The lowest BCUT2D eigenvalue weighted by molar-refractivity contribution is 0.353. The molecule has 6 rings (SSSR count). The second-order valence-electron chi connectivity index (χ2n) is 10.8. The number of nitrogens with one attached hydrogen (secondary N) is 3. The van der Waals surface area contributed by atoms with Crippen LogP contribution in [0.1, 0.15) is 63.3 Å². The van der Waals surface area contributed by atoms with Crippen LogP contribution in [0.15, 0.2) is 91.5 Å². The fourth-order valence-corrected chi connectivity index (χ4v) is 5.91. The predicted octanol–water partition coefficient (Wildman–Crippen LogP) is 8.39. The van der Waals surface area contributed by atoms with E-state index in [0.29, 0.717) is 0 Å². The lowest BCUT2D eigenvalue weighted by Crippen LogP contribution is -2.16. The van der Waals surface area contributed by atoms with Gasteiger partial charge in [0.05, 0.1) is 22.6 Å². The van der Waals surface area contributed by atoms with E-state index in [-0.39, 0.29) is 0 Å². The van der Waals surface area contributed by atoms with Gasteiger partial charge in [-0.25, -0.2) is 4.98 Å². The molecule has 4 aromatic heterocycles. The van der Waals surface area contributed by atoms with Crippen LogP contribution in [0.4, 0.5) is 0 Å². The van der Waals surface area contributed by atoms with Gasteiger partial charge in [-0.2, -0.15) is 5.10 Å². The van der Waals surface area contributed by atoms with Gasteiger partial charge in [0.25, 0.3) is 0 Å². The molecular formula is C34H36N6. The molecule has 6 nitrogen and oxygen atoms in total. The molecule has 0 spiro atoms. The number of hydrogen-bond donors (Lipinski definition) is 3. The number of H-pyrrole nitrogens is 2. The molecule has 0 radical (unpaired) electrons. The smallest absolute Gasteiger partial charge is 0.135 e. The van der Waals surface area contributed by atoms with Gasteiger partial charge in [-0.3, -0.25) is 10.1 Å². The Morgan fingerprint density at radius 2 is 2.00 bits per heavy atom. The van der Waals surface area contributed by atoms with Crippen LogP contribution < -0.4 is 5.32 Å². The maximum absolute atomic E-state index is 5.06. The lowest BCUT2D eigenvalue weighted by Gasteiger charge is -2.23. The highest BCUT2D eigenvalue weighted by atomic mass is 15.1. The van der Waals surface area contributed by atoms with Crippen molar-refractivity contribution < 1.29 is 0 Å². The summed E-state index contributed by atoms with van der Waals surface area (Å²) in [5.41, 5.74) is 10.4. The topological polar surface area (TPSA) is 82.3 Å². The van der Waals surface area contributed by atoms with Crippen LogP contribution in [0.3, 0.4) is 0 Å². The first-order valence-electron chi connectivity index (χ1n) is 14.3. The number of fused-ring (bicyclic) bond motifs is 2. The molecule has 6 heteroatoms. The van der Waals surface area contributed by atoms with Gasteiger partial charge in [-0.15, -0.1) is 0 Å². The van der Waals surface area contributed by atoms with Crippen molar-refractivity contribution >= 4 is 33.1 Å². The quantitative estimate of drug-likeness (QED) is 0.191. The van der Waals surface area contributed by atoms with E-state index in [0.717, 1.165) is 86.0 Å². The number of rotatable bonds is 9. The summed E-state index contributed by atoms with van der Waals surface area (Å²) in [6, 6.07) is 8.20. The maximum Gasteiger partial charge on any atom is 0.135 e. The van der Waals surface area contributed by atoms with Gasteiger partial charge < -0.3 is 10.3 Å². The number of pyridine rings is 2. The maximum atomic E-state index is 5.06. The van der Waals surface area contributed by atoms with E-state index in [4.69, 9.17) is 4.98 Å². The molecule has 0 amide bonds. The summed E-state index contributed by atoms with van der Waals surface area (Å²) in [6.07, 6.45) is 23.0. The van der Waals surface area contributed by atoms with Crippen LogP contribution >= 0.6 is 0 Å². The van der Waals surface area contributed by atoms with Gasteiger partial charge >= 0.3 is 0 Å². The Balaban J connectivity index is 1.29. The molecule has 2 aliphatic rings. The molecule has 0 bridgehead atoms. The zero-order valence-corrected chi connectivity index (χ0v) is 23.1. The van der Waals surface area contributed by atoms with E-state index in [1.165, 1.54) is 32.1 Å². The standard InChI is InChI=1S/C34H36N6/c1-4-24(20-26(5-2)36-22(3)19-23-11-7-6-8-12-23)28-15-16-30-33(38-28)34(40-39-30)31-21-27-29(37-31)17-18-35-32(27)25-13-9-10-14-25/h4-5,9,13-18,20-21,23,36-37H,2-3,6-8,10-12,19H2,1H3,(H,39,40)/b24-4+,26-20+. The van der Waals surface area contributed by atoms with E-state index < -0.39 is 0 Å². The third-order valence-corrected chi connectivity index (χ3v) is 7.97. The van der Waals surface area contributed by atoms with E-state index in [1.807, 2.05) is 37.4 Å². The summed E-state index contributed by atoms with van der Waals surface area (Å²) in [6.45, 7) is 10.4. The molecule has 1 fully saturated rings. The summed E-state index contributed by atoms with van der Waals surface area (Å²) in [4.78, 5) is 13.3. The minimum Gasteiger partial charge on any atom is -0.359 e. The van der Waals surface area contributed by atoms with Crippen molar-refractivity contribution in [3.8, 4) is 11.4 Å². The van der Waals surface area contributed by atoms with Gasteiger partial charge in [0, 0.05) is 28.5 Å². The number of nitrogens with zero attached hydrogens (tertiary/aromatic N) is 3. The Bertz CT molecular complexity index is 1700. The lowest BCUT2D eigenvalue weighted by atomic mass is 9.86. The molecule has 0 aliphatic heterocycles. The third-order valence-electron chi connectivity index (χ3n) is 7.97. The zero-order valence-electron chi connectivity index (χ0n) is 23.1. The summed E-state index contributed by atoms with van der Waals surface area (Å²) >= 11 is 0. The highest BCUT2D eigenvalue weighted by molar-refractivity contribution is 5.99. The Morgan fingerprint density at radius 3 is 2.77 bits per heavy atom. The highest BCUT2D eigenvalue weighted by Gasteiger charge is 2.17. The van der Waals surface area contributed by atoms with Crippen molar-refractivity contribution in [1.82, 2.24) is 30.5 Å². The normalized spacial score (nSPS) is 16.6. The number of aromatic amines is 2. The first kappa shape index (κ1) is 25.8. The van der Waals surface area contributed by atoms with Crippen LogP contribution in [0.25, 0.3) is 44.5 Å². The van der Waals surface area contributed by atoms with E-state index in [1.54, 1.807) is 0 Å². The van der Waals surface area contributed by atoms with Crippen molar-refractivity contribution in [2.24, 2.45) is 5.92 Å². The Kier molecular flexibility index (Phi) is 7.32. The number of aromatic nitrogens is 5. The van der Waals surface area contributed by atoms with E-state index in [2.05, 4.69) is 75.1 Å². The molecule has 4 aromatic rings. The SMILES string of the molecule is C=C/C(=C\C(=C/C)c1ccc2[nH]nc(-c3cc4c(C5=CCC=C5)nccc4[nH]3)c2n1)NC(=C)CC1CCCCC1. The molecule has 0 atom stereocenters. The van der Waals surface area contributed by atoms with Crippen LogP contribution in [-0.4, -0.2) is 25.1 Å². The Morgan fingerprint density at radius 1 is 1.12 bits per heavy atom. The predicted molar refractivity (Wildman–Crippen MR) is 166 cm³/mol. The van der Waals surface area contributed by atoms with Gasteiger partial charge in [-0.05, 0) is 73.2 Å². The first-order valence-corrected chi connectivity index (χ1v) is 14.3. The van der Waals surface area contributed by atoms with Gasteiger partial charge in [0.1, 0.15) is 11.2 Å². The van der Waals surface area contributed by atoms with Crippen LogP contribution in [0, 0.1) is 5.92 Å². The fraction of sp³-hybridized carbons (Fsp3) is 0.265. The van der Waals surface area contributed by atoms with Gasteiger partial charge in [0.15, 0.2) is 0 Å². The molecule has 3 N–H and O–H groups in total. The van der Waals surface area contributed by atoms with Crippen molar-refractivity contribution in [1.29, 1.82) is 0 Å². The first-order chi connectivity index (χ1) is 19.6. The molecule has 40 heavy (non-hydrogen) atoms. The molecule has 202 valence electrons. The highest BCUT2D eigenvalue weighted by Crippen LogP contribution is 2.33. The molecule has 2 aliphatic carbocycles. The van der Waals surface area contributed by atoms with E-state index in [9.17, 15) is 0 Å². The van der Waals surface area contributed by atoms with Crippen LogP contribution in [0.5, 0.6) is 0 Å². The summed E-state index contributed by atoms with van der Waals surface area (Å²) in [7, 11) is 0. The fourth-order valence-electron chi connectivity index (χ4n) is 5.91. The minimum atomic E-state index is 0.729. The van der Waals surface area contributed by atoms with Crippen molar-refractivity contribution in [3.05, 3.63) is 103 Å². The molecule has 1 saturated carbocycles. The second kappa shape index (κ2) is 11.3. The van der Waals surface area contributed by atoms with Gasteiger partial charge in [0.2, 0.25) is 0 Å². The average Bonchev–Trinajstić information content (AvgIpc) is 3.74. The summed E-state index contributed by atoms with van der Waals surface area (Å²) in [5, 5.41) is 12.4. The van der Waals surface area contributed by atoms with Crippen molar-refractivity contribution in [2.75, 3.05) is 0 Å².